The lowest BCUT2D eigenvalue weighted by Crippen LogP contribution is -2.61. The molecule has 1 aromatic heterocycles. The van der Waals surface area contributed by atoms with Gasteiger partial charge in [0.05, 0.1) is 25.8 Å². The standard InChI is InChI=1S/C24H28N2O5/c1-5-15-12-25-9-8-17-18-10-16(29-3)6-7-20(18)26-22(17)21(25)11-19(15)24(26,23(28)30-4)13-31-14(2)27/h5-7,10,19,21H,8-9,11-13H2,1-4H3/b15-5+/t19-,21-,24?/m0/s1. The fourth-order valence-corrected chi connectivity index (χ4v) is 6.07. The molecule has 7 nitrogen and oxygen atoms in total. The van der Waals surface area contributed by atoms with Crippen molar-refractivity contribution in [3.8, 4) is 5.75 Å². The largest absolute Gasteiger partial charge is 0.497 e. The topological polar surface area (TPSA) is 70.0 Å². The second-order valence-electron chi connectivity index (χ2n) is 8.67. The zero-order valence-corrected chi connectivity index (χ0v) is 18.4. The molecule has 164 valence electrons. The van der Waals surface area contributed by atoms with E-state index in [1.165, 1.54) is 25.2 Å². The van der Waals surface area contributed by atoms with Crippen molar-refractivity contribution >= 4 is 22.8 Å². The van der Waals surface area contributed by atoms with E-state index in [2.05, 4.69) is 21.6 Å². The van der Waals surface area contributed by atoms with E-state index < -0.39 is 11.5 Å². The molecule has 0 N–H and O–H groups in total. The fraction of sp³-hybridized carbons (Fsp3) is 0.500. The molecule has 1 saturated heterocycles. The summed E-state index contributed by atoms with van der Waals surface area (Å²) in [4.78, 5) is 28.0. The number of hydrogen-bond acceptors (Lipinski definition) is 6. The van der Waals surface area contributed by atoms with Crippen LogP contribution >= 0.6 is 0 Å². The normalized spacial score (nSPS) is 27.9. The number of aromatic nitrogens is 1. The molecule has 0 saturated carbocycles. The highest BCUT2D eigenvalue weighted by Crippen LogP contribution is 2.56. The lowest BCUT2D eigenvalue weighted by atomic mass is 9.68. The maximum absolute atomic E-state index is 13.6. The van der Waals surface area contributed by atoms with Crippen molar-refractivity contribution < 1.29 is 23.8 Å². The number of fused-ring (bicyclic) bond motifs is 4. The average Bonchev–Trinajstić information content (AvgIpc) is 3.12. The minimum atomic E-state index is -1.14. The van der Waals surface area contributed by atoms with Crippen molar-refractivity contribution in [3.63, 3.8) is 0 Å². The first kappa shape index (κ1) is 20.1. The van der Waals surface area contributed by atoms with Gasteiger partial charge in [-0.2, -0.15) is 0 Å². The zero-order valence-electron chi connectivity index (χ0n) is 18.4. The molecule has 0 aliphatic carbocycles. The number of rotatable bonds is 4. The summed E-state index contributed by atoms with van der Waals surface area (Å²) in [6.07, 6.45) is 3.81. The van der Waals surface area contributed by atoms with Gasteiger partial charge < -0.3 is 18.8 Å². The van der Waals surface area contributed by atoms with E-state index in [9.17, 15) is 9.59 Å². The van der Waals surface area contributed by atoms with Crippen molar-refractivity contribution in [3.05, 3.63) is 41.1 Å². The van der Waals surface area contributed by atoms with Crippen LogP contribution in [-0.4, -0.2) is 55.3 Å². The second kappa shape index (κ2) is 7.12. The van der Waals surface area contributed by atoms with Crippen LogP contribution in [0, 0.1) is 5.92 Å². The molecule has 2 bridgehead atoms. The lowest BCUT2D eigenvalue weighted by Gasteiger charge is -2.55. The first-order chi connectivity index (χ1) is 15.0. The molecule has 4 heterocycles. The van der Waals surface area contributed by atoms with Crippen LogP contribution in [0.3, 0.4) is 0 Å². The number of nitrogens with zero attached hydrogens (tertiary/aromatic N) is 2. The number of ether oxygens (including phenoxy) is 3. The molecule has 2 aromatic rings. The van der Waals surface area contributed by atoms with Crippen LogP contribution in [0.4, 0.5) is 0 Å². The molecule has 31 heavy (non-hydrogen) atoms. The zero-order chi connectivity index (χ0) is 21.9. The van der Waals surface area contributed by atoms with Gasteiger partial charge in [-0.05, 0) is 43.5 Å². The van der Waals surface area contributed by atoms with Gasteiger partial charge in [0.2, 0.25) is 0 Å². The van der Waals surface area contributed by atoms with Crippen molar-refractivity contribution in [1.29, 1.82) is 0 Å². The molecule has 0 radical (unpaired) electrons. The summed E-state index contributed by atoms with van der Waals surface area (Å²) in [5.41, 5.74) is 3.42. The Bertz CT molecular complexity index is 1120. The van der Waals surface area contributed by atoms with E-state index >= 15 is 0 Å². The Hall–Kier alpha value is -2.80. The van der Waals surface area contributed by atoms with Gasteiger partial charge in [-0.25, -0.2) is 4.79 Å². The Balaban J connectivity index is 1.88. The van der Waals surface area contributed by atoms with E-state index in [0.29, 0.717) is 0 Å². The molecular weight excluding hydrogens is 396 g/mol. The summed E-state index contributed by atoms with van der Waals surface area (Å²) in [7, 11) is 3.07. The molecule has 5 rings (SSSR count). The van der Waals surface area contributed by atoms with Crippen LogP contribution in [0.15, 0.2) is 29.8 Å². The Morgan fingerprint density at radius 2 is 2.10 bits per heavy atom. The quantitative estimate of drug-likeness (QED) is 0.555. The summed E-state index contributed by atoms with van der Waals surface area (Å²) in [5, 5.41) is 1.10. The smallest absolute Gasteiger partial charge is 0.336 e. The summed E-state index contributed by atoms with van der Waals surface area (Å²) in [5.74, 6) is -0.0976. The first-order valence-corrected chi connectivity index (χ1v) is 10.8. The molecule has 1 aromatic carbocycles. The van der Waals surface area contributed by atoms with Gasteiger partial charge in [0.1, 0.15) is 12.4 Å². The highest BCUT2D eigenvalue weighted by Gasteiger charge is 2.60. The maximum atomic E-state index is 13.6. The van der Waals surface area contributed by atoms with Gasteiger partial charge in [-0.3, -0.25) is 9.69 Å². The fourth-order valence-electron chi connectivity index (χ4n) is 6.07. The Morgan fingerprint density at radius 1 is 1.29 bits per heavy atom. The number of esters is 2. The van der Waals surface area contributed by atoms with Crippen molar-refractivity contribution in [2.45, 2.75) is 38.3 Å². The number of allylic oxidation sites excluding steroid dienone is 1. The SMILES string of the molecule is C/C=C1\CN2CCc3c4n(c5ccc(OC)cc35)C(COC(C)=O)(C(=O)OC)[C@H]1C[C@@H]42. The van der Waals surface area contributed by atoms with Gasteiger partial charge in [0.25, 0.3) is 0 Å². The lowest BCUT2D eigenvalue weighted by molar-refractivity contribution is -0.165. The van der Waals surface area contributed by atoms with Crippen LogP contribution in [0.2, 0.25) is 0 Å². The van der Waals surface area contributed by atoms with E-state index in [1.807, 2.05) is 19.1 Å². The van der Waals surface area contributed by atoms with Crippen molar-refractivity contribution in [1.82, 2.24) is 9.47 Å². The van der Waals surface area contributed by atoms with Crippen LogP contribution in [-0.2, 0) is 31.0 Å². The number of carbonyl (C=O) groups excluding carboxylic acids is 2. The van der Waals surface area contributed by atoms with E-state index in [4.69, 9.17) is 14.2 Å². The van der Waals surface area contributed by atoms with Crippen molar-refractivity contribution in [2.75, 3.05) is 33.9 Å². The molecule has 3 atom stereocenters. The van der Waals surface area contributed by atoms with E-state index in [0.717, 1.165) is 48.3 Å². The van der Waals surface area contributed by atoms with E-state index in [-0.39, 0.29) is 24.5 Å². The highest BCUT2D eigenvalue weighted by atomic mass is 16.5. The first-order valence-electron chi connectivity index (χ1n) is 10.8. The molecule has 0 spiro atoms. The molecule has 3 aliphatic heterocycles. The van der Waals surface area contributed by atoms with Gasteiger partial charge >= 0.3 is 11.9 Å². The molecule has 3 aliphatic rings. The molecule has 0 amide bonds. The third-order valence-corrected chi connectivity index (χ3v) is 7.40. The number of methoxy groups -OCH3 is 2. The second-order valence-corrected chi connectivity index (χ2v) is 8.67. The number of benzene rings is 1. The van der Waals surface area contributed by atoms with Crippen LogP contribution in [0.1, 0.15) is 37.6 Å². The third kappa shape index (κ3) is 2.62. The predicted octanol–water partition coefficient (Wildman–Crippen LogP) is 2.96. The Kier molecular flexibility index (Phi) is 4.62. The predicted molar refractivity (Wildman–Crippen MR) is 115 cm³/mol. The van der Waals surface area contributed by atoms with Crippen LogP contribution < -0.4 is 4.74 Å². The Labute approximate surface area is 181 Å². The monoisotopic (exact) mass is 424 g/mol. The highest BCUT2D eigenvalue weighted by molar-refractivity contribution is 5.92. The minimum absolute atomic E-state index is 0.0496. The van der Waals surface area contributed by atoms with Gasteiger partial charge in [0.15, 0.2) is 5.54 Å². The number of carbonyl (C=O) groups is 2. The molecular formula is C24H28N2O5. The summed E-state index contributed by atoms with van der Waals surface area (Å²) in [6, 6.07) is 6.22. The average molecular weight is 424 g/mol. The number of piperidine rings is 1. The Morgan fingerprint density at radius 3 is 2.77 bits per heavy atom. The van der Waals surface area contributed by atoms with Crippen LogP contribution in [0.25, 0.3) is 10.9 Å². The summed E-state index contributed by atoms with van der Waals surface area (Å²) >= 11 is 0. The van der Waals surface area contributed by atoms with Crippen LogP contribution in [0.5, 0.6) is 5.75 Å². The van der Waals surface area contributed by atoms with Crippen molar-refractivity contribution in [2.24, 2.45) is 5.92 Å². The molecule has 1 unspecified atom stereocenters. The maximum Gasteiger partial charge on any atom is 0.336 e. The molecule has 1 fully saturated rings. The minimum Gasteiger partial charge on any atom is -0.497 e. The van der Waals surface area contributed by atoms with Gasteiger partial charge in [0, 0.05) is 37.0 Å². The van der Waals surface area contributed by atoms with Gasteiger partial charge in [-0.15, -0.1) is 0 Å². The van der Waals surface area contributed by atoms with Gasteiger partial charge in [-0.1, -0.05) is 11.6 Å². The molecule has 7 heteroatoms. The summed E-state index contributed by atoms with van der Waals surface area (Å²) < 4.78 is 18.6. The summed E-state index contributed by atoms with van der Waals surface area (Å²) in [6.45, 7) is 5.14. The third-order valence-electron chi connectivity index (χ3n) is 7.40. The van der Waals surface area contributed by atoms with E-state index in [1.54, 1.807) is 7.11 Å². The number of hydrogen-bond donors (Lipinski definition) is 0.